The van der Waals surface area contributed by atoms with E-state index in [1.807, 2.05) is 12.1 Å². The van der Waals surface area contributed by atoms with Gasteiger partial charge in [-0.05, 0) is 35.9 Å². The van der Waals surface area contributed by atoms with Gasteiger partial charge in [0.25, 0.3) is 5.91 Å². The van der Waals surface area contributed by atoms with E-state index in [0.717, 1.165) is 5.56 Å². The zero-order chi connectivity index (χ0) is 18.9. The number of hydrogen-bond donors (Lipinski definition) is 4. The summed E-state index contributed by atoms with van der Waals surface area (Å²) in [6.07, 6.45) is 0.0663. The summed E-state index contributed by atoms with van der Waals surface area (Å²) in [6.45, 7) is 0.504. The molecule has 0 fully saturated rings. The van der Waals surface area contributed by atoms with E-state index in [1.165, 1.54) is 0 Å². The second kappa shape index (κ2) is 9.43. The quantitative estimate of drug-likeness (QED) is 0.596. The summed E-state index contributed by atoms with van der Waals surface area (Å²) in [7, 11) is 0. The normalized spacial score (nSPS) is 10.0. The molecule has 136 valence electrons. The number of nitrogens with two attached hydrogens (primary N) is 1. The Labute approximate surface area is 155 Å². The van der Waals surface area contributed by atoms with E-state index in [2.05, 4.69) is 16.0 Å². The van der Waals surface area contributed by atoms with Gasteiger partial charge < -0.3 is 21.7 Å². The summed E-state index contributed by atoms with van der Waals surface area (Å²) in [5.41, 5.74) is 6.77. The lowest BCUT2D eigenvalue weighted by Crippen LogP contribution is -2.29. The van der Waals surface area contributed by atoms with Gasteiger partial charge in [-0.15, -0.1) is 0 Å². The summed E-state index contributed by atoms with van der Waals surface area (Å²) in [4.78, 5) is 34.7. The van der Waals surface area contributed by atoms with Crippen LogP contribution in [0, 0.1) is 0 Å². The van der Waals surface area contributed by atoms with Crippen molar-refractivity contribution in [1.82, 2.24) is 10.6 Å². The van der Waals surface area contributed by atoms with Crippen molar-refractivity contribution in [2.24, 2.45) is 5.73 Å². The van der Waals surface area contributed by atoms with Crippen molar-refractivity contribution in [2.45, 2.75) is 13.0 Å². The second-order valence-corrected chi connectivity index (χ2v) is 5.92. The fourth-order valence-electron chi connectivity index (χ4n) is 2.10. The van der Waals surface area contributed by atoms with Crippen LogP contribution in [0.3, 0.4) is 0 Å². The molecule has 26 heavy (non-hydrogen) atoms. The first kappa shape index (κ1) is 19.3. The van der Waals surface area contributed by atoms with E-state index in [4.69, 9.17) is 17.3 Å². The lowest BCUT2D eigenvalue weighted by Gasteiger charge is -2.09. The van der Waals surface area contributed by atoms with Crippen LogP contribution in [-0.4, -0.2) is 24.4 Å². The minimum absolute atomic E-state index is 0.0663. The molecule has 0 saturated heterocycles. The van der Waals surface area contributed by atoms with E-state index in [9.17, 15) is 14.4 Å². The molecule has 2 aromatic carbocycles. The highest BCUT2D eigenvalue weighted by molar-refractivity contribution is 6.30. The first-order valence-corrected chi connectivity index (χ1v) is 8.27. The van der Waals surface area contributed by atoms with Gasteiger partial charge in [0.1, 0.15) is 0 Å². The van der Waals surface area contributed by atoms with Crippen LogP contribution in [-0.2, 0) is 11.3 Å². The summed E-state index contributed by atoms with van der Waals surface area (Å²) in [5, 5.41) is 8.59. The molecule has 0 atom stereocenters. The van der Waals surface area contributed by atoms with Crippen molar-refractivity contribution < 1.29 is 14.4 Å². The smallest absolute Gasteiger partial charge is 0.319 e. The highest BCUT2D eigenvalue weighted by Gasteiger charge is 2.08. The third-order valence-corrected chi connectivity index (χ3v) is 3.66. The monoisotopic (exact) mass is 374 g/mol. The number of carbonyl (C=O) groups is 3. The first-order chi connectivity index (χ1) is 12.4. The molecule has 0 aromatic heterocycles. The average molecular weight is 375 g/mol. The van der Waals surface area contributed by atoms with Gasteiger partial charge in [0, 0.05) is 35.8 Å². The molecule has 8 heteroatoms. The van der Waals surface area contributed by atoms with Crippen molar-refractivity contribution in [3.63, 3.8) is 0 Å². The molecule has 5 N–H and O–H groups in total. The number of amides is 4. The highest BCUT2D eigenvalue weighted by atomic mass is 35.5. The Bertz CT molecular complexity index is 793. The van der Waals surface area contributed by atoms with Gasteiger partial charge in [-0.1, -0.05) is 29.8 Å². The summed E-state index contributed by atoms with van der Waals surface area (Å²) in [5.74, 6) is -0.838. The van der Waals surface area contributed by atoms with Crippen LogP contribution in [0.2, 0.25) is 5.02 Å². The predicted molar refractivity (Wildman–Crippen MR) is 99.9 cm³/mol. The number of urea groups is 1. The zero-order valence-electron chi connectivity index (χ0n) is 13.9. The highest BCUT2D eigenvalue weighted by Crippen LogP contribution is 2.11. The van der Waals surface area contributed by atoms with Crippen molar-refractivity contribution in [3.8, 4) is 0 Å². The number of benzene rings is 2. The summed E-state index contributed by atoms with van der Waals surface area (Å²) >= 11 is 5.81. The van der Waals surface area contributed by atoms with Gasteiger partial charge in [-0.2, -0.15) is 0 Å². The molecule has 2 aromatic rings. The van der Waals surface area contributed by atoms with Crippen LogP contribution in [0.4, 0.5) is 10.5 Å². The van der Waals surface area contributed by atoms with Crippen molar-refractivity contribution in [3.05, 3.63) is 64.7 Å². The molecule has 0 aliphatic heterocycles. The van der Waals surface area contributed by atoms with Crippen LogP contribution in [0.15, 0.2) is 48.5 Å². The SMILES string of the molecule is NC(=O)CCNC(=O)c1cccc(NC(=O)NCc2ccc(Cl)cc2)c1. The molecule has 4 amide bonds. The van der Waals surface area contributed by atoms with E-state index in [-0.39, 0.29) is 18.9 Å². The van der Waals surface area contributed by atoms with Crippen LogP contribution in [0.1, 0.15) is 22.3 Å². The van der Waals surface area contributed by atoms with Gasteiger partial charge in [0.2, 0.25) is 5.91 Å². The van der Waals surface area contributed by atoms with Gasteiger partial charge in [0.05, 0.1) is 0 Å². The fraction of sp³-hybridized carbons (Fsp3) is 0.167. The number of anilines is 1. The Balaban J connectivity index is 1.86. The van der Waals surface area contributed by atoms with Crippen molar-refractivity contribution in [1.29, 1.82) is 0 Å². The van der Waals surface area contributed by atoms with Gasteiger partial charge in [-0.25, -0.2) is 4.79 Å². The number of rotatable bonds is 7. The van der Waals surface area contributed by atoms with Gasteiger partial charge >= 0.3 is 6.03 Å². The number of carbonyl (C=O) groups excluding carboxylic acids is 3. The molecule has 0 radical (unpaired) electrons. The molecule has 0 aliphatic rings. The third kappa shape index (κ3) is 6.45. The summed E-state index contributed by atoms with van der Waals surface area (Å²) < 4.78 is 0. The van der Waals surface area contributed by atoms with Crippen LogP contribution < -0.4 is 21.7 Å². The molecule has 7 nitrogen and oxygen atoms in total. The molecule has 0 spiro atoms. The maximum absolute atomic E-state index is 12.0. The van der Waals surface area contributed by atoms with E-state index in [1.54, 1.807) is 36.4 Å². The van der Waals surface area contributed by atoms with E-state index >= 15 is 0 Å². The maximum atomic E-state index is 12.0. The van der Waals surface area contributed by atoms with E-state index < -0.39 is 11.9 Å². The molecule has 0 unspecified atom stereocenters. The third-order valence-electron chi connectivity index (χ3n) is 3.41. The standard InChI is InChI=1S/C18H19ClN4O3/c19-14-6-4-12(5-7-14)11-22-18(26)23-15-3-1-2-13(10-15)17(25)21-9-8-16(20)24/h1-7,10H,8-9,11H2,(H2,20,24)(H,21,25)(H2,22,23,26). The van der Waals surface area contributed by atoms with Crippen molar-refractivity contribution >= 4 is 35.1 Å². The summed E-state index contributed by atoms with van der Waals surface area (Å²) in [6, 6.07) is 13.2. The lowest BCUT2D eigenvalue weighted by atomic mass is 10.2. The van der Waals surface area contributed by atoms with Crippen molar-refractivity contribution in [2.75, 3.05) is 11.9 Å². The molecule has 2 rings (SSSR count). The molecular formula is C18H19ClN4O3. The Morgan fingerprint density at radius 1 is 1.00 bits per heavy atom. The number of halogens is 1. The average Bonchev–Trinajstić information content (AvgIpc) is 2.61. The molecule has 0 bridgehead atoms. The Morgan fingerprint density at radius 2 is 1.73 bits per heavy atom. The van der Waals surface area contributed by atoms with Gasteiger partial charge in [0.15, 0.2) is 0 Å². The molecule has 0 aliphatic carbocycles. The molecule has 0 saturated carbocycles. The van der Waals surface area contributed by atoms with Gasteiger partial charge in [-0.3, -0.25) is 9.59 Å². The Kier molecular flexibility index (Phi) is 6.99. The second-order valence-electron chi connectivity index (χ2n) is 5.49. The largest absolute Gasteiger partial charge is 0.370 e. The predicted octanol–water partition coefficient (Wildman–Crippen LogP) is 2.27. The number of nitrogens with one attached hydrogen (secondary N) is 3. The fourth-order valence-corrected chi connectivity index (χ4v) is 2.23. The molecular weight excluding hydrogens is 356 g/mol. The lowest BCUT2D eigenvalue weighted by molar-refractivity contribution is -0.117. The number of hydrogen-bond acceptors (Lipinski definition) is 3. The number of primary amides is 1. The van der Waals surface area contributed by atoms with Crippen LogP contribution in [0.5, 0.6) is 0 Å². The molecule has 0 heterocycles. The Morgan fingerprint density at radius 3 is 2.42 bits per heavy atom. The zero-order valence-corrected chi connectivity index (χ0v) is 14.7. The van der Waals surface area contributed by atoms with E-state index in [0.29, 0.717) is 22.8 Å². The topological polar surface area (TPSA) is 113 Å². The Hall–Kier alpha value is -3.06. The van der Waals surface area contributed by atoms with Crippen LogP contribution >= 0.6 is 11.6 Å². The van der Waals surface area contributed by atoms with Crippen LogP contribution in [0.25, 0.3) is 0 Å². The minimum atomic E-state index is -0.488. The minimum Gasteiger partial charge on any atom is -0.370 e. The maximum Gasteiger partial charge on any atom is 0.319 e. The first-order valence-electron chi connectivity index (χ1n) is 7.90.